The van der Waals surface area contributed by atoms with Gasteiger partial charge in [0.15, 0.2) is 0 Å². The summed E-state index contributed by atoms with van der Waals surface area (Å²) in [4.78, 5) is 22.9. The Morgan fingerprint density at radius 3 is 2.19 bits per heavy atom. The Balaban J connectivity index is 2.11. The summed E-state index contributed by atoms with van der Waals surface area (Å²) >= 11 is 6.09. The first-order valence-corrected chi connectivity index (χ1v) is 6.75. The van der Waals surface area contributed by atoms with Crippen LogP contribution in [-0.2, 0) is 0 Å². The van der Waals surface area contributed by atoms with Crippen molar-refractivity contribution in [3.63, 3.8) is 0 Å². The van der Waals surface area contributed by atoms with Gasteiger partial charge in [0.25, 0.3) is 5.91 Å². The highest BCUT2D eigenvalue weighted by Gasteiger charge is 2.14. The normalized spacial score (nSPS) is 11.7. The van der Waals surface area contributed by atoms with E-state index in [9.17, 15) is 9.59 Å². The van der Waals surface area contributed by atoms with Crippen molar-refractivity contribution in [2.45, 2.75) is 13.0 Å². The van der Waals surface area contributed by atoms with Gasteiger partial charge in [-0.1, -0.05) is 29.8 Å². The summed E-state index contributed by atoms with van der Waals surface area (Å²) in [6, 6.07) is 12.8. The molecule has 0 fully saturated rings. The number of hydrogen-bond donors (Lipinski definition) is 2. The third kappa shape index (κ3) is 3.61. The molecule has 0 radical (unpaired) electrons. The van der Waals surface area contributed by atoms with E-state index in [4.69, 9.17) is 16.7 Å². The molecular formula is C16H14ClNO3. The largest absolute Gasteiger partial charge is 0.478 e. The SMILES string of the molecule is CC(NC(=O)c1ccc(C(=O)O)cc1)c1ccccc1Cl. The molecule has 0 aliphatic rings. The Morgan fingerprint density at radius 1 is 1.05 bits per heavy atom. The van der Waals surface area contributed by atoms with Crippen molar-refractivity contribution >= 4 is 23.5 Å². The van der Waals surface area contributed by atoms with E-state index >= 15 is 0 Å². The van der Waals surface area contributed by atoms with Crippen LogP contribution in [0.4, 0.5) is 0 Å². The summed E-state index contributed by atoms with van der Waals surface area (Å²) in [5.74, 6) is -1.30. The molecule has 5 heteroatoms. The molecule has 2 rings (SSSR count). The van der Waals surface area contributed by atoms with Crippen molar-refractivity contribution in [2.24, 2.45) is 0 Å². The number of carbonyl (C=O) groups is 2. The average Bonchev–Trinajstić information content (AvgIpc) is 2.47. The summed E-state index contributed by atoms with van der Waals surface area (Å²) in [5.41, 5.74) is 1.37. The molecule has 1 atom stereocenters. The fourth-order valence-electron chi connectivity index (χ4n) is 1.95. The zero-order valence-corrected chi connectivity index (χ0v) is 12.1. The molecule has 0 saturated heterocycles. The van der Waals surface area contributed by atoms with E-state index in [1.807, 2.05) is 25.1 Å². The summed E-state index contributed by atoms with van der Waals surface area (Å²) in [6.45, 7) is 1.84. The maximum Gasteiger partial charge on any atom is 0.335 e. The molecule has 2 aromatic carbocycles. The maximum atomic E-state index is 12.1. The first-order chi connectivity index (χ1) is 9.99. The Bertz CT molecular complexity index is 667. The topological polar surface area (TPSA) is 66.4 Å². The number of rotatable bonds is 4. The smallest absolute Gasteiger partial charge is 0.335 e. The zero-order chi connectivity index (χ0) is 15.4. The van der Waals surface area contributed by atoms with Gasteiger partial charge < -0.3 is 10.4 Å². The lowest BCUT2D eigenvalue weighted by atomic mass is 10.1. The number of hydrogen-bond acceptors (Lipinski definition) is 2. The van der Waals surface area contributed by atoms with E-state index in [-0.39, 0.29) is 17.5 Å². The van der Waals surface area contributed by atoms with Gasteiger partial charge in [-0.15, -0.1) is 0 Å². The van der Waals surface area contributed by atoms with Crippen LogP contribution in [-0.4, -0.2) is 17.0 Å². The van der Waals surface area contributed by atoms with Crippen LogP contribution < -0.4 is 5.32 Å². The third-order valence-corrected chi connectivity index (χ3v) is 3.46. The van der Waals surface area contributed by atoms with Gasteiger partial charge in [0.05, 0.1) is 11.6 Å². The highest BCUT2D eigenvalue weighted by molar-refractivity contribution is 6.31. The van der Waals surface area contributed by atoms with Gasteiger partial charge in [0, 0.05) is 10.6 Å². The fraction of sp³-hybridized carbons (Fsp3) is 0.125. The Kier molecular flexibility index (Phi) is 4.60. The van der Waals surface area contributed by atoms with Crippen molar-refractivity contribution < 1.29 is 14.7 Å². The molecule has 2 aromatic rings. The molecule has 1 unspecified atom stereocenters. The Hall–Kier alpha value is -2.33. The van der Waals surface area contributed by atoms with Gasteiger partial charge in [-0.25, -0.2) is 4.79 Å². The number of aromatic carboxylic acids is 1. The lowest BCUT2D eigenvalue weighted by molar-refractivity contribution is 0.0696. The van der Waals surface area contributed by atoms with Crippen LogP contribution in [0.2, 0.25) is 5.02 Å². The van der Waals surface area contributed by atoms with Gasteiger partial charge >= 0.3 is 5.97 Å². The Labute approximate surface area is 127 Å². The molecule has 1 amide bonds. The van der Waals surface area contributed by atoms with Gasteiger partial charge in [0.2, 0.25) is 0 Å². The molecule has 2 N–H and O–H groups in total. The second-order valence-electron chi connectivity index (χ2n) is 4.60. The minimum absolute atomic E-state index is 0.144. The minimum Gasteiger partial charge on any atom is -0.478 e. The van der Waals surface area contributed by atoms with Crippen LogP contribution in [0.25, 0.3) is 0 Å². The molecule has 21 heavy (non-hydrogen) atoms. The molecule has 0 aliphatic carbocycles. The molecule has 0 saturated carbocycles. The summed E-state index contributed by atoms with van der Waals surface area (Å²) < 4.78 is 0. The van der Waals surface area contributed by atoms with Crippen molar-refractivity contribution in [1.29, 1.82) is 0 Å². The molecule has 0 spiro atoms. The van der Waals surface area contributed by atoms with E-state index in [1.165, 1.54) is 24.3 Å². The van der Waals surface area contributed by atoms with Crippen LogP contribution in [0, 0.1) is 0 Å². The van der Waals surface area contributed by atoms with Crippen LogP contribution in [0.3, 0.4) is 0 Å². The average molecular weight is 304 g/mol. The number of amides is 1. The molecular weight excluding hydrogens is 290 g/mol. The number of carboxylic acid groups (broad SMARTS) is 1. The summed E-state index contributed by atoms with van der Waals surface area (Å²) in [6.07, 6.45) is 0. The van der Waals surface area contributed by atoms with Crippen LogP contribution in [0.15, 0.2) is 48.5 Å². The number of carboxylic acids is 1. The predicted octanol–water partition coefficient (Wildman–Crippen LogP) is 3.53. The molecule has 4 nitrogen and oxygen atoms in total. The second kappa shape index (κ2) is 6.41. The zero-order valence-electron chi connectivity index (χ0n) is 11.3. The van der Waals surface area contributed by atoms with E-state index in [0.717, 1.165) is 5.56 Å². The molecule has 0 heterocycles. The van der Waals surface area contributed by atoms with Gasteiger partial charge in [-0.3, -0.25) is 4.79 Å². The summed E-state index contributed by atoms with van der Waals surface area (Å²) in [5, 5.41) is 12.2. The van der Waals surface area contributed by atoms with Crippen molar-refractivity contribution in [3.8, 4) is 0 Å². The predicted molar refractivity (Wildman–Crippen MR) is 80.7 cm³/mol. The molecule has 0 aliphatic heterocycles. The van der Waals surface area contributed by atoms with Crippen LogP contribution in [0.1, 0.15) is 39.2 Å². The monoisotopic (exact) mass is 303 g/mol. The lowest BCUT2D eigenvalue weighted by Gasteiger charge is -2.15. The van der Waals surface area contributed by atoms with Crippen LogP contribution in [0.5, 0.6) is 0 Å². The van der Waals surface area contributed by atoms with Crippen LogP contribution >= 0.6 is 11.6 Å². The Morgan fingerprint density at radius 2 is 1.62 bits per heavy atom. The van der Waals surface area contributed by atoms with Gasteiger partial charge in [-0.05, 0) is 42.8 Å². The summed E-state index contributed by atoms with van der Waals surface area (Å²) in [7, 11) is 0. The number of nitrogens with one attached hydrogen (secondary N) is 1. The van der Waals surface area contributed by atoms with E-state index in [1.54, 1.807) is 6.07 Å². The first kappa shape index (κ1) is 15.1. The second-order valence-corrected chi connectivity index (χ2v) is 5.01. The highest BCUT2D eigenvalue weighted by Crippen LogP contribution is 2.22. The number of benzene rings is 2. The number of carbonyl (C=O) groups excluding carboxylic acids is 1. The third-order valence-electron chi connectivity index (χ3n) is 3.11. The van der Waals surface area contributed by atoms with Crippen molar-refractivity contribution in [1.82, 2.24) is 5.32 Å². The van der Waals surface area contributed by atoms with E-state index in [0.29, 0.717) is 10.6 Å². The van der Waals surface area contributed by atoms with Crippen molar-refractivity contribution in [3.05, 3.63) is 70.2 Å². The standard InChI is InChI=1S/C16H14ClNO3/c1-10(13-4-2-3-5-14(13)17)18-15(19)11-6-8-12(9-7-11)16(20)21/h2-10H,1H3,(H,18,19)(H,20,21). The molecule has 0 aromatic heterocycles. The van der Waals surface area contributed by atoms with E-state index in [2.05, 4.69) is 5.32 Å². The van der Waals surface area contributed by atoms with Crippen molar-refractivity contribution in [2.75, 3.05) is 0 Å². The first-order valence-electron chi connectivity index (χ1n) is 6.37. The molecule has 108 valence electrons. The number of halogens is 1. The quantitative estimate of drug-likeness (QED) is 0.908. The highest BCUT2D eigenvalue weighted by atomic mass is 35.5. The lowest BCUT2D eigenvalue weighted by Crippen LogP contribution is -2.26. The van der Waals surface area contributed by atoms with E-state index < -0.39 is 5.97 Å². The van der Waals surface area contributed by atoms with Gasteiger partial charge in [0.1, 0.15) is 0 Å². The fourth-order valence-corrected chi connectivity index (χ4v) is 2.25. The molecule has 0 bridgehead atoms. The maximum absolute atomic E-state index is 12.1. The van der Waals surface area contributed by atoms with Gasteiger partial charge in [-0.2, -0.15) is 0 Å². The minimum atomic E-state index is -1.02.